The third-order valence-electron chi connectivity index (χ3n) is 6.86. The average molecular weight is 527 g/mol. The molecule has 0 saturated carbocycles. The monoisotopic (exact) mass is 526 g/mol. The quantitative estimate of drug-likeness (QED) is 0.347. The van der Waals surface area contributed by atoms with Crippen molar-refractivity contribution in [1.29, 1.82) is 0 Å². The lowest BCUT2D eigenvalue weighted by Gasteiger charge is -2.20. The zero-order valence-electron chi connectivity index (χ0n) is 22.3. The molecular weight excluding hydrogens is 496 g/mol. The first-order chi connectivity index (χ1) is 18.6. The fourth-order valence-electron chi connectivity index (χ4n) is 4.81. The van der Waals surface area contributed by atoms with Gasteiger partial charge < -0.3 is 15.7 Å². The summed E-state index contributed by atoms with van der Waals surface area (Å²) in [6, 6.07) is 12.6. The number of nitrogens with one attached hydrogen (secondary N) is 2. The maximum Gasteiger partial charge on any atom is 0.270 e. The van der Waals surface area contributed by atoms with Crippen molar-refractivity contribution in [1.82, 2.24) is 40.8 Å². The lowest BCUT2D eigenvalue weighted by Crippen LogP contribution is -2.29. The Bertz CT molecular complexity index is 1560. The van der Waals surface area contributed by atoms with Crippen LogP contribution in [-0.2, 0) is 25.4 Å². The summed E-state index contributed by atoms with van der Waals surface area (Å²) in [6.07, 6.45) is 2.77. The van der Waals surface area contributed by atoms with Crippen LogP contribution in [-0.4, -0.2) is 47.1 Å². The van der Waals surface area contributed by atoms with E-state index in [1.807, 2.05) is 45.0 Å². The molecule has 2 heterocycles. The van der Waals surface area contributed by atoms with Gasteiger partial charge in [0.1, 0.15) is 23.5 Å². The smallest absolute Gasteiger partial charge is 0.270 e. The molecule has 0 unspecified atom stereocenters. The summed E-state index contributed by atoms with van der Waals surface area (Å²) in [6.45, 7) is 6.26. The van der Waals surface area contributed by atoms with Crippen LogP contribution in [0, 0.1) is 0 Å². The molecule has 200 valence electrons. The number of carbonyl (C=O) groups excluding carboxylic acids is 2. The summed E-state index contributed by atoms with van der Waals surface area (Å²) in [4.78, 5) is 33.9. The highest BCUT2D eigenvalue weighted by Crippen LogP contribution is 2.34. The van der Waals surface area contributed by atoms with E-state index in [9.17, 15) is 14.7 Å². The molecule has 2 amide bonds. The number of benzene rings is 2. The Kier molecular flexibility index (Phi) is 6.81. The van der Waals surface area contributed by atoms with Crippen LogP contribution in [0.15, 0.2) is 48.8 Å². The standard InChI is InChI=1S/C28H30N8O3/c1-28(2,3)20-9-5-16(11-24(20)37)14-29-26(38)22-13-23(31-15-30-22)27(39)32-21-10-7-17-12-18(6-8-19(17)21)25-33-34-35-36(25)4/h5-6,8-9,11-13,15,21,37H,7,10,14H2,1-4H3,(H,29,38)(H,32,39)/t21-/m0/s1. The summed E-state index contributed by atoms with van der Waals surface area (Å²) in [5.74, 6) is 0.0396. The fraction of sp³-hybridized carbons (Fsp3) is 0.321. The van der Waals surface area contributed by atoms with Crippen molar-refractivity contribution in [2.24, 2.45) is 7.05 Å². The molecule has 39 heavy (non-hydrogen) atoms. The van der Waals surface area contributed by atoms with E-state index in [1.165, 1.54) is 12.4 Å². The number of phenolic OH excluding ortho intramolecular Hbond substituents is 1. The zero-order chi connectivity index (χ0) is 27.7. The number of carbonyl (C=O) groups is 2. The normalized spacial score (nSPS) is 14.6. The Hall–Kier alpha value is -4.67. The number of rotatable bonds is 6. The number of amides is 2. The number of hydrogen-bond donors (Lipinski definition) is 3. The van der Waals surface area contributed by atoms with Crippen LogP contribution in [0.5, 0.6) is 5.75 Å². The first-order valence-corrected chi connectivity index (χ1v) is 12.7. The van der Waals surface area contributed by atoms with Crippen molar-refractivity contribution >= 4 is 11.8 Å². The van der Waals surface area contributed by atoms with Gasteiger partial charge in [0.2, 0.25) is 0 Å². The van der Waals surface area contributed by atoms with E-state index in [4.69, 9.17) is 0 Å². The third kappa shape index (κ3) is 5.47. The van der Waals surface area contributed by atoms with Crippen molar-refractivity contribution in [2.75, 3.05) is 0 Å². The van der Waals surface area contributed by atoms with Crippen molar-refractivity contribution < 1.29 is 14.7 Å². The molecule has 0 aliphatic heterocycles. The molecule has 11 heteroatoms. The van der Waals surface area contributed by atoms with Gasteiger partial charge in [0.25, 0.3) is 11.8 Å². The van der Waals surface area contributed by atoms with Crippen LogP contribution < -0.4 is 10.6 Å². The highest BCUT2D eigenvalue weighted by Gasteiger charge is 2.26. The van der Waals surface area contributed by atoms with Crippen LogP contribution in [0.25, 0.3) is 11.4 Å². The van der Waals surface area contributed by atoms with Crippen LogP contribution >= 0.6 is 0 Å². The molecule has 0 spiro atoms. The molecule has 11 nitrogen and oxygen atoms in total. The summed E-state index contributed by atoms with van der Waals surface area (Å²) in [5, 5.41) is 27.8. The number of aromatic nitrogens is 6. The van der Waals surface area contributed by atoms with Gasteiger partial charge in [-0.05, 0) is 63.1 Å². The highest BCUT2D eigenvalue weighted by atomic mass is 16.3. The fourth-order valence-corrected chi connectivity index (χ4v) is 4.81. The molecule has 0 radical (unpaired) electrons. The molecule has 1 aliphatic rings. The van der Waals surface area contributed by atoms with Crippen molar-refractivity contribution in [2.45, 2.75) is 51.6 Å². The minimum absolute atomic E-state index is 0.0828. The Morgan fingerprint density at radius 3 is 2.51 bits per heavy atom. The lowest BCUT2D eigenvalue weighted by molar-refractivity contribution is 0.0931. The minimum atomic E-state index is -0.442. The SMILES string of the molecule is Cn1nnnc1-c1ccc2c(c1)CC[C@@H]2NC(=O)c1cc(C(=O)NCc2ccc(C(C)(C)C)c(O)c2)ncn1. The number of aromatic hydroxyl groups is 1. The van der Waals surface area contributed by atoms with E-state index in [0.29, 0.717) is 5.82 Å². The Morgan fingerprint density at radius 1 is 1.05 bits per heavy atom. The van der Waals surface area contributed by atoms with Crippen molar-refractivity contribution in [3.63, 3.8) is 0 Å². The number of nitrogens with zero attached hydrogens (tertiary/aromatic N) is 6. The Balaban J connectivity index is 1.23. The second-order valence-electron chi connectivity index (χ2n) is 10.7. The van der Waals surface area contributed by atoms with Crippen LogP contribution in [0.1, 0.15) is 76.5 Å². The molecule has 0 bridgehead atoms. The van der Waals surface area contributed by atoms with Gasteiger partial charge >= 0.3 is 0 Å². The van der Waals surface area contributed by atoms with Gasteiger partial charge in [0, 0.05) is 25.2 Å². The van der Waals surface area contributed by atoms with Crippen molar-refractivity contribution in [3.05, 3.63) is 82.4 Å². The van der Waals surface area contributed by atoms with E-state index in [-0.39, 0.29) is 41.0 Å². The third-order valence-corrected chi connectivity index (χ3v) is 6.86. The summed E-state index contributed by atoms with van der Waals surface area (Å²) >= 11 is 0. The van der Waals surface area contributed by atoms with Crippen LogP contribution in [0.2, 0.25) is 0 Å². The predicted octanol–water partition coefficient (Wildman–Crippen LogP) is 3.02. The number of phenols is 1. The number of hydrogen-bond acceptors (Lipinski definition) is 8. The molecule has 5 rings (SSSR count). The number of tetrazole rings is 1. The first-order valence-electron chi connectivity index (χ1n) is 12.7. The summed E-state index contributed by atoms with van der Waals surface area (Å²) in [5.41, 5.74) is 4.66. The molecule has 3 N–H and O–H groups in total. The molecular formula is C28H30N8O3. The van der Waals surface area contributed by atoms with Crippen LogP contribution in [0.4, 0.5) is 0 Å². The largest absolute Gasteiger partial charge is 0.508 e. The summed E-state index contributed by atoms with van der Waals surface area (Å²) in [7, 11) is 1.79. The molecule has 0 saturated heterocycles. The lowest BCUT2D eigenvalue weighted by atomic mass is 9.86. The van der Waals surface area contributed by atoms with Crippen LogP contribution in [0.3, 0.4) is 0 Å². The number of aryl methyl sites for hydroxylation is 2. The van der Waals surface area contributed by atoms with E-state index in [1.54, 1.807) is 17.8 Å². The second-order valence-corrected chi connectivity index (χ2v) is 10.7. The summed E-state index contributed by atoms with van der Waals surface area (Å²) < 4.78 is 1.62. The molecule has 0 fully saturated rings. The van der Waals surface area contributed by atoms with Gasteiger partial charge in [0.05, 0.1) is 6.04 Å². The maximum atomic E-state index is 13.0. The molecule has 1 atom stereocenters. The number of fused-ring (bicyclic) bond motifs is 1. The van der Waals surface area contributed by atoms with Gasteiger partial charge in [-0.1, -0.05) is 45.0 Å². The minimum Gasteiger partial charge on any atom is -0.508 e. The van der Waals surface area contributed by atoms with Crippen molar-refractivity contribution in [3.8, 4) is 17.1 Å². The van der Waals surface area contributed by atoms with E-state index < -0.39 is 5.91 Å². The van der Waals surface area contributed by atoms with Gasteiger partial charge in [-0.25, -0.2) is 14.6 Å². The Morgan fingerprint density at radius 2 is 1.82 bits per heavy atom. The highest BCUT2D eigenvalue weighted by molar-refractivity contribution is 5.97. The molecule has 1 aliphatic carbocycles. The van der Waals surface area contributed by atoms with Gasteiger partial charge in [-0.3, -0.25) is 9.59 Å². The zero-order valence-corrected chi connectivity index (χ0v) is 22.3. The molecule has 2 aromatic carbocycles. The maximum absolute atomic E-state index is 13.0. The first kappa shape index (κ1) is 26.0. The van der Waals surface area contributed by atoms with E-state index in [0.717, 1.165) is 40.7 Å². The second kappa shape index (κ2) is 10.2. The van der Waals surface area contributed by atoms with E-state index >= 15 is 0 Å². The molecule has 2 aromatic heterocycles. The topological polar surface area (TPSA) is 148 Å². The van der Waals surface area contributed by atoms with Gasteiger partial charge in [-0.15, -0.1) is 5.10 Å². The molecule has 4 aromatic rings. The average Bonchev–Trinajstić information content (AvgIpc) is 3.52. The van der Waals surface area contributed by atoms with E-state index in [2.05, 4.69) is 42.2 Å². The van der Waals surface area contributed by atoms with Gasteiger partial charge in [-0.2, -0.15) is 0 Å². The van der Waals surface area contributed by atoms with Gasteiger partial charge in [0.15, 0.2) is 5.82 Å². The predicted molar refractivity (Wildman–Crippen MR) is 143 cm³/mol. The Labute approximate surface area is 225 Å².